The number of piperidine rings is 1. The molecule has 3 aromatic rings. The number of hydrogen-bond donors (Lipinski definition) is 2. The van der Waals surface area contributed by atoms with E-state index < -0.39 is 27.6 Å². The lowest BCUT2D eigenvalue weighted by Gasteiger charge is -2.41. The molecule has 1 fully saturated rings. The van der Waals surface area contributed by atoms with E-state index in [0.717, 1.165) is 15.4 Å². The quantitative estimate of drug-likeness (QED) is 0.511. The van der Waals surface area contributed by atoms with Crippen LogP contribution in [0.25, 0.3) is 0 Å². The summed E-state index contributed by atoms with van der Waals surface area (Å²) in [5.74, 6) is -0.772. The maximum absolute atomic E-state index is 13.3. The Morgan fingerprint density at radius 2 is 1.53 bits per heavy atom. The highest BCUT2D eigenvalue weighted by atomic mass is 32.2. The number of carboxylic acid groups (broad SMARTS) is 1. The van der Waals surface area contributed by atoms with Gasteiger partial charge < -0.3 is 14.9 Å². The van der Waals surface area contributed by atoms with Crippen LogP contribution in [0.2, 0.25) is 0 Å². The van der Waals surface area contributed by atoms with Gasteiger partial charge in [-0.1, -0.05) is 60.7 Å². The first-order valence-electron chi connectivity index (χ1n) is 11.0. The van der Waals surface area contributed by atoms with Gasteiger partial charge in [-0.15, -0.1) is 0 Å². The van der Waals surface area contributed by atoms with Crippen molar-refractivity contribution in [2.45, 2.75) is 42.4 Å². The van der Waals surface area contributed by atoms with Gasteiger partial charge >= 0.3 is 5.97 Å². The fraction of sp³-hybridized carbons (Fsp3) is 0.269. The maximum Gasteiger partial charge on any atom is 0.322 e. The molecule has 1 aliphatic rings. The van der Waals surface area contributed by atoms with Crippen molar-refractivity contribution in [3.63, 3.8) is 0 Å². The lowest BCUT2D eigenvalue weighted by molar-refractivity contribution is -0.146. The minimum Gasteiger partial charge on any atom is -0.489 e. The summed E-state index contributed by atoms with van der Waals surface area (Å²) in [6, 6.07) is 23.5. The molecule has 0 bridgehead atoms. The number of nitrogens with zero attached hydrogens (tertiary/aromatic N) is 1. The van der Waals surface area contributed by atoms with Crippen molar-refractivity contribution in [3.8, 4) is 5.75 Å². The van der Waals surface area contributed by atoms with Crippen LogP contribution in [0.1, 0.15) is 24.0 Å². The monoisotopic (exact) mass is 481 g/mol. The fourth-order valence-corrected chi connectivity index (χ4v) is 5.84. The highest BCUT2D eigenvalue weighted by Crippen LogP contribution is 2.34. The van der Waals surface area contributed by atoms with Crippen molar-refractivity contribution in [3.05, 3.63) is 96.1 Å². The molecular weight excluding hydrogens is 454 g/mol. The summed E-state index contributed by atoms with van der Waals surface area (Å²) >= 11 is 0. The van der Waals surface area contributed by atoms with Crippen LogP contribution in [-0.4, -0.2) is 47.1 Å². The Morgan fingerprint density at radius 3 is 2.12 bits per heavy atom. The van der Waals surface area contributed by atoms with Gasteiger partial charge in [-0.3, -0.25) is 4.79 Å². The number of aliphatic hydroxyl groups is 1. The third-order valence-corrected chi connectivity index (χ3v) is 7.98. The molecule has 2 atom stereocenters. The third-order valence-electron chi connectivity index (χ3n) is 6.06. The molecule has 0 aliphatic carbocycles. The van der Waals surface area contributed by atoms with Gasteiger partial charge in [-0.2, -0.15) is 4.31 Å². The Bertz CT molecular complexity index is 1220. The fourth-order valence-electron chi connectivity index (χ4n) is 4.26. The van der Waals surface area contributed by atoms with E-state index in [1.807, 2.05) is 60.7 Å². The van der Waals surface area contributed by atoms with Crippen LogP contribution in [0.4, 0.5) is 0 Å². The molecule has 34 heavy (non-hydrogen) atoms. The molecule has 0 amide bonds. The average Bonchev–Trinajstić information content (AvgIpc) is 2.84. The number of sulfonamides is 1. The Balaban J connectivity index is 1.48. The molecule has 1 aliphatic heterocycles. The van der Waals surface area contributed by atoms with Crippen molar-refractivity contribution in [2.75, 3.05) is 6.54 Å². The second kappa shape index (κ2) is 9.97. The number of carboxylic acids is 1. The van der Waals surface area contributed by atoms with Gasteiger partial charge in [0, 0.05) is 19.4 Å². The molecule has 0 saturated carbocycles. The van der Waals surface area contributed by atoms with Gasteiger partial charge in [0.25, 0.3) is 0 Å². The standard InChI is InChI=1S/C26H27NO6S/c28-25(29)24-18-26(30,17-20-7-3-1-4-8-20)15-16-27(24)34(31,32)23-13-11-22(12-14-23)33-19-21-9-5-2-6-10-21/h1-14,24,30H,15-19H2,(H,28,29). The van der Waals surface area contributed by atoms with Crippen LogP contribution < -0.4 is 4.74 Å². The summed E-state index contributed by atoms with van der Waals surface area (Å²) in [5.41, 5.74) is 0.558. The molecule has 0 aromatic heterocycles. The topological polar surface area (TPSA) is 104 Å². The summed E-state index contributed by atoms with van der Waals surface area (Å²) in [7, 11) is -4.08. The largest absolute Gasteiger partial charge is 0.489 e. The molecule has 1 saturated heterocycles. The molecule has 2 N–H and O–H groups in total. The van der Waals surface area contributed by atoms with E-state index in [2.05, 4.69) is 0 Å². The van der Waals surface area contributed by atoms with E-state index in [1.54, 1.807) is 12.1 Å². The minimum atomic E-state index is -4.08. The van der Waals surface area contributed by atoms with Gasteiger partial charge in [0.1, 0.15) is 18.4 Å². The van der Waals surface area contributed by atoms with Crippen molar-refractivity contribution >= 4 is 16.0 Å². The Kier molecular flexibility index (Phi) is 7.02. The van der Waals surface area contributed by atoms with Crippen molar-refractivity contribution in [1.29, 1.82) is 0 Å². The zero-order chi connectivity index (χ0) is 24.2. The van der Waals surface area contributed by atoms with E-state index in [4.69, 9.17) is 4.74 Å². The van der Waals surface area contributed by atoms with E-state index in [1.165, 1.54) is 12.1 Å². The molecule has 1 heterocycles. The maximum atomic E-state index is 13.3. The molecule has 3 aromatic carbocycles. The number of ether oxygens (including phenoxy) is 1. The molecule has 178 valence electrons. The molecular formula is C26H27NO6S. The van der Waals surface area contributed by atoms with E-state index in [9.17, 15) is 23.4 Å². The average molecular weight is 482 g/mol. The van der Waals surface area contributed by atoms with Crippen LogP contribution in [0.5, 0.6) is 5.75 Å². The van der Waals surface area contributed by atoms with Crippen LogP contribution in [-0.2, 0) is 27.8 Å². The number of benzene rings is 3. The summed E-state index contributed by atoms with van der Waals surface area (Å²) in [6.07, 6.45) is 0.219. The minimum absolute atomic E-state index is 0.0145. The second-order valence-electron chi connectivity index (χ2n) is 8.56. The summed E-state index contributed by atoms with van der Waals surface area (Å²) in [6.45, 7) is 0.259. The van der Waals surface area contributed by atoms with Gasteiger partial charge in [-0.05, 0) is 41.8 Å². The number of carbonyl (C=O) groups is 1. The molecule has 0 spiro atoms. The third kappa shape index (κ3) is 5.47. The van der Waals surface area contributed by atoms with E-state index in [-0.39, 0.29) is 30.7 Å². The molecule has 0 radical (unpaired) electrons. The van der Waals surface area contributed by atoms with E-state index >= 15 is 0 Å². The van der Waals surface area contributed by atoms with Gasteiger partial charge in [-0.25, -0.2) is 8.42 Å². The lowest BCUT2D eigenvalue weighted by Crippen LogP contribution is -2.56. The second-order valence-corrected chi connectivity index (χ2v) is 10.4. The molecule has 7 nitrogen and oxygen atoms in total. The van der Waals surface area contributed by atoms with Crippen LogP contribution in [0.15, 0.2) is 89.8 Å². The van der Waals surface area contributed by atoms with Crippen molar-refractivity contribution in [1.82, 2.24) is 4.31 Å². The lowest BCUT2D eigenvalue weighted by atomic mass is 9.82. The van der Waals surface area contributed by atoms with Gasteiger partial charge in [0.2, 0.25) is 10.0 Å². The van der Waals surface area contributed by atoms with Crippen LogP contribution in [0.3, 0.4) is 0 Å². The molecule has 2 unspecified atom stereocenters. The predicted molar refractivity (Wildman–Crippen MR) is 127 cm³/mol. The first-order valence-corrected chi connectivity index (χ1v) is 12.5. The first-order chi connectivity index (χ1) is 16.3. The van der Waals surface area contributed by atoms with Crippen molar-refractivity contribution in [2.24, 2.45) is 0 Å². The first kappa shape index (κ1) is 23.9. The number of rotatable bonds is 8. The molecule has 8 heteroatoms. The normalized spacial score (nSPS) is 21.1. The van der Waals surface area contributed by atoms with E-state index in [0.29, 0.717) is 12.4 Å². The Labute approximate surface area is 199 Å². The smallest absolute Gasteiger partial charge is 0.322 e. The highest BCUT2D eigenvalue weighted by molar-refractivity contribution is 7.89. The highest BCUT2D eigenvalue weighted by Gasteiger charge is 2.46. The Morgan fingerprint density at radius 1 is 0.941 bits per heavy atom. The summed E-state index contributed by atoms with van der Waals surface area (Å²) < 4.78 is 33.3. The van der Waals surface area contributed by atoms with Gasteiger partial charge in [0.05, 0.1) is 10.5 Å². The van der Waals surface area contributed by atoms with Crippen LogP contribution >= 0.6 is 0 Å². The summed E-state index contributed by atoms with van der Waals surface area (Å²) in [5, 5.41) is 20.9. The molecule has 4 rings (SSSR count). The zero-order valence-electron chi connectivity index (χ0n) is 18.6. The number of aliphatic carboxylic acids is 1. The Hall–Kier alpha value is -3.20. The van der Waals surface area contributed by atoms with Gasteiger partial charge in [0.15, 0.2) is 0 Å². The SMILES string of the molecule is O=C(O)C1CC(O)(Cc2ccccc2)CCN1S(=O)(=O)c1ccc(OCc2ccccc2)cc1. The summed E-state index contributed by atoms with van der Waals surface area (Å²) in [4.78, 5) is 12.0. The van der Waals surface area contributed by atoms with Crippen LogP contribution in [0, 0.1) is 0 Å². The predicted octanol–water partition coefficient (Wildman–Crippen LogP) is 3.48. The van der Waals surface area contributed by atoms with Crippen molar-refractivity contribution < 1.29 is 28.2 Å². The zero-order valence-corrected chi connectivity index (χ0v) is 19.4. The number of hydrogen-bond acceptors (Lipinski definition) is 5.